The zero-order chi connectivity index (χ0) is 22.8. The molecular formula is C22H25N7O3. The summed E-state index contributed by atoms with van der Waals surface area (Å²) in [6.45, 7) is 2.46. The number of carbonyl (C=O) groups excluding carboxylic acids is 2. The highest BCUT2D eigenvalue weighted by Gasteiger charge is 2.33. The molecule has 3 aromatic heterocycles. The Labute approximate surface area is 185 Å². The molecule has 0 saturated carbocycles. The van der Waals surface area contributed by atoms with Gasteiger partial charge in [-0.2, -0.15) is 0 Å². The number of hydrogen-bond donors (Lipinski definition) is 1. The Morgan fingerprint density at radius 1 is 1.19 bits per heavy atom. The van der Waals surface area contributed by atoms with Crippen molar-refractivity contribution >= 4 is 17.8 Å². The minimum absolute atomic E-state index is 0.0393. The second kappa shape index (κ2) is 8.74. The number of pyridine rings is 1. The van der Waals surface area contributed by atoms with E-state index in [0.29, 0.717) is 47.4 Å². The number of carbonyl (C=O) groups is 2. The smallest absolute Gasteiger partial charge is 0.244 e. The molecule has 4 rings (SSSR count). The van der Waals surface area contributed by atoms with E-state index in [2.05, 4.69) is 25.4 Å². The van der Waals surface area contributed by atoms with Crippen molar-refractivity contribution in [1.29, 1.82) is 0 Å². The van der Waals surface area contributed by atoms with Crippen LogP contribution in [0.1, 0.15) is 25.0 Å². The molecule has 3 aromatic rings. The van der Waals surface area contributed by atoms with Crippen molar-refractivity contribution in [3.05, 3.63) is 42.3 Å². The van der Waals surface area contributed by atoms with Gasteiger partial charge in [-0.25, -0.2) is 15.0 Å². The Kier molecular flexibility index (Phi) is 5.85. The summed E-state index contributed by atoms with van der Waals surface area (Å²) in [5.41, 5.74) is 2.40. The normalized spacial score (nSPS) is 16.8. The van der Waals surface area contributed by atoms with Crippen molar-refractivity contribution in [2.75, 3.05) is 33.0 Å². The van der Waals surface area contributed by atoms with Crippen molar-refractivity contribution < 1.29 is 14.1 Å². The van der Waals surface area contributed by atoms with Gasteiger partial charge in [0.1, 0.15) is 23.4 Å². The fourth-order valence-corrected chi connectivity index (χ4v) is 3.59. The lowest BCUT2D eigenvalue weighted by Crippen LogP contribution is -2.37. The average Bonchev–Trinajstić information content (AvgIpc) is 3.40. The first-order valence-corrected chi connectivity index (χ1v) is 10.3. The zero-order valence-electron chi connectivity index (χ0n) is 18.4. The lowest BCUT2D eigenvalue weighted by Gasteiger charge is -2.18. The van der Waals surface area contributed by atoms with Crippen LogP contribution in [-0.4, -0.2) is 75.5 Å². The van der Waals surface area contributed by atoms with Crippen LogP contribution in [-0.2, 0) is 9.59 Å². The van der Waals surface area contributed by atoms with Gasteiger partial charge in [-0.05, 0) is 31.5 Å². The van der Waals surface area contributed by atoms with Crippen LogP contribution in [0.15, 0.2) is 41.1 Å². The van der Waals surface area contributed by atoms with Crippen LogP contribution < -0.4 is 5.32 Å². The van der Waals surface area contributed by atoms with Crippen molar-refractivity contribution in [1.82, 2.24) is 29.9 Å². The van der Waals surface area contributed by atoms with Crippen molar-refractivity contribution in [3.63, 3.8) is 0 Å². The van der Waals surface area contributed by atoms with Crippen LogP contribution in [0.5, 0.6) is 0 Å². The second-order valence-corrected chi connectivity index (χ2v) is 7.99. The van der Waals surface area contributed by atoms with Crippen molar-refractivity contribution in [2.24, 2.45) is 0 Å². The van der Waals surface area contributed by atoms with Crippen LogP contribution in [0, 0.1) is 0 Å². The molecule has 1 N–H and O–H groups in total. The Bertz CT molecular complexity index is 1140. The number of nitrogens with zero attached hydrogens (tertiary/aromatic N) is 6. The summed E-state index contributed by atoms with van der Waals surface area (Å²) in [5, 5.41) is 7.14. The van der Waals surface area contributed by atoms with E-state index < -0.39 is 6.04 Å². The van der Waals surface area contributed by atoms with Crippen LogP contribution in [0.2, 0.25) is 0 Å². The van der Waals surface area contributed by atoms with Crippen LogP contribution >= 0.6 is 0 Å². The fraction of sp³-hybridized carbons (Fsp3) is 0.364. The highest BCUT2D eigenvalue weighted by Crippen LogP contribution is 2.30. The molecule has 0 bridgehead atoms. The lowest BCUT2D eigenvalue weighted by atomic mass is 10.0. The van der Waals surface area contributed by atoms with E-state index in [1.54, 1.807) is 51.3 Å². The van der Waals surface area contributed by atoms with E-state index in [1.165, 1.54) is 4.90 Å². The molecule has 0 radical (unpaired) electrons. The maximum atomic E-state index is 12.3. The van der Waals surface area contributed by atoms with Crippen molar-refractivity contribution in [2.45, 2.75) is 25.3 Å². The summed E-state index contributed by atoms with van der Waals surface area (Å²) in [7, 11) is 5.18. The Balaban J connectivity index is 1.55. The van der Waals surface area contributed by atoms with Gasteiger partial charge >= 0.3 is 0 Å². The van der Waals surface area contributed by atoms with Crippen LogP contribution in [0.4, 0.5) is 5.95 Å². The van der Waals surface area contributed by atoms with Gasteiger partial charge in [0.2, 0.25) is 17.8 Å². The third-order valence-electron chi connectivity index (χ3n) is 5.39. The molecule has 1 fully saturated rings. The van der Waals surface area contributed by atoms with Gasteiger partial charge in [-0.15, -0.1) is 0 Å². The average molecular weight is 435 g/mol. The lowest BCUT2D eigenvalue weighted by molar-refractivity contribution is -0.129. The summed E-state index contributed by atoms with van der Waals surface area (Å²) in [4.78, 5) is 40.9. The van der Waals surface area contributed by atoms with Crippen molar-refractivity contribution in [3.8, 4) is 22.8 Å². The molecule has 1 aliphatic heterocycles. The molecule has 1 aliphatic rings. The Morgan fingerprint density at radius 2 is 1.91 bits per heavy atom. The first kappa shape index (κ1) is 21.4. The van der Waals surface area contributed by atoms with Crippen LogP contribution in [0.25, 0.3) is 22.8 Å². The molecular weight excluding hydrogens is 410 g/mol. The molecule has 2 atom stereocenters. The minimum atomic E-state index is -0.467. The molecule has 0 aromatic carbocycles. The van der Waals surface area contributed by atoms with E-state index in [4.69, 9.17) is 4.52 Å². The standard InChI is InChI=1S/C22H25N7O3/c1-13(20(30)28(2)3)24-22-23-10-8-17(26-22)15-6-5-7-16(25-15)18-12-19(32-27-18)14-9-11-29(4)21(14)31/h5-8,10,12-14H,9,11H2,1-4H3,(H,23,24,26)/t13-,14-/m0/s1. The molecule has 0 aliphatic carbocycles. The number of aromatic nitrogens is 4. The van der Waals surface area contributed by atoms with E-state index in [1.807, 2.05) is 18.2 Å². The topological polar surface area (TPSA) is 117 Å². The first-order valence-electron chi connectivity index (χ1n) is 10.3. The summed E-state index contributed by atoms with van der Waals surface area (Å²) in [5.74, 6) is 0.553. The molecule has 1 saturated heterocycles. The number of nitrogens with one attached hydrogen (secondary N) is 1. The third-order valence-corrected chi connectivity index (χ3v) is 5.39. The van der Waals surface area contributed by atoms with Gasteiger partial charge in [-0.1, -0.05) is 11.2 Å². The molecule has 32 heavy (non-hydrogen) atoms. The van der Waals surface area contributed by atoms with E-state index in [-0.39, 0.29) is 17.7 Å². The second-order valence-electron chi connectivity index (χ2n) is 7.99. The molecule has 10 heteroatoms. The predicted octanol–water partition coefficient (Wildman–Crippen LogP) is 2.03. The van der Waals surface area contributed by atoms with E-state index in [0.717, 1.165) is 0 Å². The summed E-state index contributed by atoms with van der Waals surface area (Å²) in [6.07, 6.45) is 2.32. The highest BCUT2D eigenvalue weighted by molar-refractivity contribution is 5.85. The number of amides is 2. The number of hydrogen-bond acceptors (Lipinski definition) is 8. The Morgan fingerprint density at radius 3 is 2.59 bits per heavy atom. The fourth-order valence-electron chi connectivity index (χ4n) is 3.59. The summed E-state index contributed by atoms with van der Waals surface area (Å²) in [6, 6.07) is 8.57. The molecule has 2 amide bonds. The van der Waals surface area contributed by atoms with Gasteiger partial charge < -0.3 is 19.6 Å². The Hall–Kier alpha value is -3.82. The summed E-state index contributed by atoms with van der Waals surface area (Å²) >= 11 is 0. The third kappa shape index (κ3) is 4.29. The maximum absolute atomic E-state index is 12.3. The number of likely N-dealkylation sites (N-methyl/N-ethyl adjacent to an activating group) is 2. The first-order chi connectivity index (χ1) is 15.3. The maximum Gasteiger partial charge on any atom is 0.244 e. The molecule has 166 valence electrons. The van der Waals surface area contributed by atoms with Gasteiger partial charge in [0.05, 0.1) is 17.1 Å². The summed E-state index contributed by atoms with van der Waals surface area (Å²) < 4.78 is 5.46. The largest absolute Gasteiger partial charge is 0.360 e. The van der Waals surface area contributed by atoms with Gasteiger partial charge in [-0.3, -0.25) is 9.59 Å². The monoisotopic (exact) mass is 435 g/mol. The quantitative estimate of drug-likeness (QED) is 0.625. The van der Waals surface area contributed by atoms with E-state index >= 15 is 0 Å². The van der Waals surface area contributed by atoms with Crippen LogP contribution in [0.3, 0.4) is 0 Å². The molecule has 0 unspecified atom stereocenters. The molecule has 0 spiro atoms. The highest BCUT2D eigenvalue weighted by atomic mass is 16.5. The molecule has 4 heterocycles. The number of likely N-dealkylation sites (tertiary alicyclic amines) is 1. The van der Waals surface area contributed by atoms with Gasteiger partial charge in [0.25, 0.3) is 0 Å². The number of anilines is 1. The SMILES string of the molecule is C[C@H](Nc1nccc(-c2cccc(-c3cc([C@@H]4CCN(C)C4=O)on3)n2)n1)C(=O)N(C)C. The minimum Gasteiger partial charge on any atom is -0.360 e. The predicted molar refractivity (Wildman–Crippen MR) is 118 cm³/mol. The van der Waals surface area contributed by atoms with Gasteiger partial charge in [0, 0.05) is 40.0 Å². The van der Waals surface area contributed by atoms with Gasteiger partial charge in [0.15, 0.2) is 0 Å². The molecule has 10 nitrogen and oxygen atoms in total. The zero-order valence-corrected chi connectivity index (χ0v) is 18.4. The van der Waals surface area contributed by atoms with E-state index in [9.17, 15) is 9.59 Å². The number of rotatable bonds is 6.